The molecule has 0 amide bonds. The number of hydrogen-bond acceptors (Lipinski definition) is 4. The molecule has 1 aliphatic carbocycles. The first kappa shape index (κ1) is 11.6. The van der Waals surface area contributed by atoms with Gasteiger partial charge in [0.05, 0.1) is 12.7 Å². The van der Waals surface area contributed by atoms with Crippen LogP contribution in [0.5, 0.6) is 0 Å². The number of carbonyl (C=O) groups excluding carboxylic acids is 1. The highest BCUT2D eigenvalue weighted by atomic mass is 16.5. The summed E-state index contributed by atoms with van der Waals surface area (Å²) < 4.78 is 4.60. The molecule has 0 aliphatic heterocycles. The van der Waals surface area contributed by atoms with Gasteiger partial charge in [-0.15, -0.1) is 0 Å². The molecule has 1 aromatic rings. The van der Waals surface area contributed by atoms with E-state index < -0.39 is 11.6 Å². The Morgan fingerprint density at radius 3 is 2.94 bits per heavy atom. The summed E-state index contributed by atoms with van der Waals surface area (Å²) in [4.78, 5) is 15.3. The van der Waals surface area contributed by atoms with Crippen LogP contribution in [0.1, 0.15) is 35.3 Å². The summed E-state index contributed by atoms with van der Waals surface area (Å²) in [6.45, 7) is 0. The van der Waals surface area contributed by atoms with Crippen molar-refractivity contribution in [2.75, 3.05) is 7.11 Å². The lowest BCUT2D eigenvalue weighted by Crippen LogP contribution is -2.34. The highest BCUT2D eigenvalue weighted by Gasteiger charge is 2.32. The highest BCUT2D eigenvalue weighted by Crippen LogP contribution is 2.30. The Morgan fingerprint density at radius 1 is 1.59 bits per heavy atom. The van der Waals surface area contributed by atoms with Crippen LogP contribution in [0.4, 0.5) is 0 Å². The first-order valence-corrected chi connectivity index (χ1v) is 5.43. The summed E-state index contributed by atoms with van der Waals surface area (Å²) in [6, 6.07) is 3.12. The maximum atomic E-state index is 11.3. The van der Waals surface area contributed by atoms with Gasteiger partial charge in [-0.05, 0) is 37.3 Å². The Bertz CT molecular complexity index is 495. The second-order valence-corrected chi connectivity index (χ2v) is 4.06. The van der Waals surface area contributed by atoms with Gasteiger partial charge in [-0.3, -0.25) is 0 Å². The van der Waals surface area contributed by atoms with Gasteiger partial charge in [-0.25, -0.2) is 9.78 Å². The predicted molar refractivity (Wildman–Crippen MR) is 61.3 cm³/mol. The maximum absolute atomic E-state index is 11.3. The van der Waals surface area contributed by atoms with Gasteiger partial charge in [0, 0.05) is 6.20 Å². The van der Waals surface area contributed by atoms with Gasteiger partial charge >= 0.3 is 5.97 Å². The number of methoxy groups -OCH3 is 1. The van der Waals surface area contributed by atoms with Gasteiger partial charge < -0.3 is 9.84 Å². The van der Waals surface area contributed by atoms with E-state index in [1.807, 2.05) is 0 Å². The summed E-state index contributed by atoms with van der Waals surface area (Å²) >= 11 is 0. The van der Waals surface area contributed by atoms with Gasteiger partial charge in [0.25, 0.3) is 0 Å². The van der Waals surface area contributed by atoms with E-state index in [2.05, 4.69) is 21.6 Å². The maximum Gasteiger partial charge on any atom is 0.338 e. The van der Waals surface area contributed by atoms with Crippen LogP contribution in [0.15, 0.2) is 18.3 Å². The van der Waals surface area contributed by atoms with Crippen LogP contribution >= 0.6 is 0 Å². The molecule has 0 bridgehead atoms. The van der Waals surface area contributed by atoms with Crippen LogP contribution in [0.3, 0.4) is 0 Å². The minimum atomic E-state index is -0.858. The van der Waals surface area contributed by atoms with Gasteiger partial charge in [0.2, 0.25) is 0 Å². The molecule has 4 nitrogen and oxygen atoms in total. The van der Waals surface area contributed by atoms with Crippen LogP contribution in [0.2, 0.25) is 0 Å². The quantitative estimate of drug-likeness (QED) is 0.581. The van der Waals surface area contributed by atoms with Gasteiger partial charge in [-0.1, -0.05) is 5.92 Å². The van der Waals surface area contributed by atoms with Crippen molar-refractivity contribution in [3.8, 4) is 11.8 Å². The number of ether oxygens (including phenoxy) is 1. The number of esters is 1. The van der Waals surface area contributed by atoms with E-state index in [4.69, 9.17) is 0 Å². The molecule has 0 aromatic carbocycles. The van der Waals surface area contributed by atoms with Gasteiger partial charge in [-0.2, -0.15) is 0 Å². The Morgan fingerprint density at radius 2 is 2.35 bits per heavy atom. The van der Waals surface area contributed by atoms with Crippen LogP contribution in [-0.2, 0) is 4.74 Å². The smallest absolute Gasteiger partial charge is 0.338 e. The zero-order valence-corrected chi connectivity index (χ0v) is 9.56. The van der Waals surface area contributed by atoms with Crippen molar-refractivity contribution in [1.82, 2.24) is 4.98 Å². The standard InChI is InChI=1S/C13H13NO3/c1-17-12(15)10-4-8-14-11(9-10)3-7-13(16)5-2-6-13/h4,8-9,16H,2,5-6H2,1H3. The molecule has 0 spiro atoms. The molecule has 2 rings (SSSR count). The summed E-state index contributed by atoms with van der Waals surface area (Å²) in [5.74, 6) is 5.16. The Kier molecular flexibility index (Phi) is 3.12. The molecule has 88 valence electrons. The fraction of sp³-hybridized carbons (Fsp3) is 0.385. The molecular weight excluding hydrogens is 218 g/mol. The second kappa shape index (κ2) is 4.56. The van der Waals surface area contributed by atoms with E-state index in [0.717, 1.165) is 6.42 Å². The third-order valence-corrected chi connectivity index (χ3v) is 2.78. The van der Waals surface area contributed by atoms with E-state index in [1.54, 1.807) is 12.1 Å². The van der Waals surface area contributed by atoms with Crippen molar-refractivity contribution in [3.05, 3.63) is 29.6 Å². The molecular formula is C13H13NO3. The second-order valence-electron chi connectivity index (χ2n) is 4.06. The number of nitrogens with zero attached hydrogens (tertiary/aromatic N) is 1. The topological polar surface area (TPSA) is 59.4 Å². The average Bonchev–Trinajstić information content (AvgIpc) is 2.33. The van der Waals surface area contributed by atoms with Gasteiger partial charge in [0.1, 0.15) is 11.3 Å². The Labute approximate surface area is 99.6 Å². The Hall–Kier alpha value is -1.86. The van der Waals surface area contributed by atoms with Crippen molar-refractivity contribution in [2.45, 2.75) is 24.9 Å². The number of aromatic nitrogens is 1. The molecule has 0 radical (unpaired) electrons. The van der Waals surface area contributed by atoms with E-state index in [1.165, 1.54) is 13.3 Å². The molecule has 17 heavy (non-hydrogen) atoms. The molecule has 0 atom stereocenters. The summed E-state index contributed by atoms with van der Waals surface area (Å²) in [5, 5.41) is 9.80. The molecule has 0 unspecified atom stereocenters. The summed E-state index contributed by atoms with van der Waals surface area (Å²) in [6.07, 6.45) is 3.91. The predicted octanol–water partition coefficient (Wildman–Crippen LogP) is 1.13. The van der Waals surface area contributed by atoms with Gasteiger partial charge in [0.15, 0.2) is 0 Å². The van der Waals surface area contributed by atoms with Crippen molar-refractivity contribution in [3.63, 3.8) is 0 Å². The first-order chi connectivity index (χ1) is 8.13. The van der Waals surface area contributed by atoms with Crippen LogP contribution in [0.25, 0.3) is 0 Å². The van der Waals surface area contributed by atoms with Crippen molar-refractivity contribution in [2.24, 2.45) is 0 Å². The number of aliphatic hydroxyl groups is 1. The van der Waals surface area contributed by atoms with Crippen molar-refractivity contribution < 1.29 is 14.6 Å². The molecule has 0 saturated heterocycles. The normalized spacial score (nSPS) is 16.4. The SMILES string of the molecule is COC(=O)c1ccnc(C#CC2(O)CCC2)c1. The van der Waals surface area contributed by atoms with Crippen molar-refractivity contribution >= 4 is 5.97 Å². The fourth-order valence-corrected chi connectivity index (χ4v) is 1.56. The average molecular weight is 231 g/mol. The lowest BCUT2D eigenvalue weighted by Gasteiger charge is -2.30. The molecule has 1 aromatic heterocycles. The largest absolute Gasteiger partial charge is 0.465 e. The minimum Gasteiger partial charge on any atom is -0.465 e. The summed E-state index contributed by atoms with van der Waals surface area (Å²) in [5.41, 5.74) is 0.0174. The molecule has 4 heteroatoms. The molecule has 1 saturated carbocycles. The lowest BCUT2D eigenvalue weighted by atomic mass is 9.81. The number of carbonyl (C=O) groups is 1. The first-order valence-electron chi connectivity index (χ1n) is 5.43. The fourth-order valence-electron chi connectivity index (χ4n) is 1.56. The van der Waals surface area contributed by atoms with Crippen LogP contribution in [-0.4, -0.2) is 28.8 Å². The zero-order chi connectivity index (χ0) is 12.3. The molecule has 1 fully saturated rings. The van der Waals surface area contributed by atoms with E-state index in [9.17, 15) is 9.90 Å². The molecule has 1 heterocycles. The minimum absolute atomic E-state index is 0.410. The zero-order valence-electron chi connectivity index (χ0n) is 9.56. The highest BCUT2D eigenvalue weighted by molar-refractivity contribution is 5.89. The summed E-state index contributed by atoms with van der Waals surface area (Å²) in [7, 11) is 1.32. The molecule has 1 N–H and O–H groups in total. The number of rotatable bonds is 1. The third kappa shape index (κ3) is 2.63. The number of hydrogen-bond donors (Lipinski definition) is 1. The van der Waals surface area contributed by atoms with Crippen LogP contribution < -0.4 is 0 Å². The van der Waals surface area contributed by atoms with E-state index in [0.29, 0.717) is 24.1 Å². The van der Waals surface area contributed by atoms with Crippen LogP contribution in [0, 0.1) is 11.8 Å². The molecule has 1 aliphatic rings. The van der Waals surface area contributed by atoms with E-state index >= 15 is 0 Å². The van der Waals surface area contributed by atoms with Crippen molar-refractivity contribution in [1.29, 1.82) is 0 Å². The monoisotopic (exact) mass is 231 g/mol. The number of pyridine rings is 1. The third-order valence-electron chi connectivity index (χ3n) is 2.78. The Balaban J connectivity index is 2.19. The lowest BCUT2D eigenvalue weighted by molar-refractivity contribution is 0.0239. The van der Waals surface area contributed by atoms with E-state index in [-0.39, 0.29) is 0 Å².